The first kappa shape index (κ1) is 8.92. The Labute approximate surface area is 79.3 Å². The predicted octanol–water partition coefficient (Wildman–Crippen LogP) is 0.322. The Morgan fingerprint density at radius 3 is 3.07 bits per heavy atom. The quantitative estimate of drug-likeness (QED) is 0.731. The third kappa shape index (κ3) is 1.52. The first-order chi connectivity index (χ1) is 6.81. The minimum absolute atomic E-state index is 0.0415. The average molecular weight is 195 g/mol. The third-order valence-corrected chi connectivity index (χ3v) is 1.69. The van der Waals surface area contributed by atoms with Gasteiger partial charge in [0.05, 0.1) is 6.26 Å². The van der Waals surface area contributed by atoms with E-state index in [4.69, 9.17) is 14.7 Å². The number of hydrogen-bond acceptors (Lipinski definition) is 6. The summed E-state index contributed by atoms with van der Waals surface area (Å²) in [7, 11) is 0. The van der Waals surface area contributed by atoms with Crippen LogP contribution >= 0.6 is 0 Å². The van der Waals surface area contributed by atoms with E-state index >= 15 is 0 Å². The highest BCUT2D eigenvalue weighted by Crippen LogP contribution is 2.18. The standard InChI is InChI=1S/C8H9N3O3/c9-4-5(12)8-10-7(11-14-8)6-2-1-3-13-6/h1-3,5,12H,4,9H2. The van der Waals surface area contributed by atoms with Crippen LogP contribution in [0, 0.1) is 0 Å². The highest BCUT2D eigenvalue weighted by molar-refractivity contribution is 5.44. The van der Waals surface area contributed by atoms with Gasteiger partial charge < -0.3 is 19.8 Å². The second-order valence-corrected chi connectivity index (χ2v) is 2.69. The van der Waals surface area contributed by atoms with Gasteiger partial charge in [-0.1, -0.05) is 5.16 Å². The number of nitrogens with zero attached hydrogens (tertiary/aromatic N) is 2. The molecule has 1 atom stereocenters. The molecule has 74 valence electrons. The molecule has 0 aliphatic rings. The van der Waals surface area contributed by atoms with Gasteiger partial charge in [-0.05, 0) is 12.1 Å². The van der Waals surface area contributed by atoms with E-state index in [0.29, 0.717) is 11.6 Å². The highest BCUT2D eigenvalue weighted by Gasteiger charge is 2.16. The van der Waals surface area contributed by atoms with Gasteiger partial charge in [-0.2, -0.15) is 4.98 Å². The van der Waals surface area contributed by atoms with Crippen LogP contribution in [0.5, 0.6) is 0 Å². The first-order valence-electron chi connectivity index (χ1n) is 4.07. The van der Waals surface area contributed by atoms with Crippen molar-refractivity contribution in [3.63, 3.8) is 0 Å². The van der Waals surface area contributed by atoms with E-state index in [1.807, 2.05) is 0 Å². The maximum Gasteiger partial charge on any atom is 0.257 e. The summed E-state index contributed by atoms with van der Waals surface area (Å²) in [5, 5.41) is 12.9. The molecular formula is C8H9N3O3. The summed E-state index contributed by atoms with van der Waals surface area (Å²) in [6, 6.07) is 3.41. The van der Waals surface area contributed by atoms with Gasteiger partial charge >= 0.3 is 0 Å². The number of rotatable bonds is 3. The Morgan fingerprint density at radius 2 is 2.43 bits per heavy atom. The molecule has 2 aromatic rings. The van der Waals surface area contributed by atoms with Gasteiger partial charge in [-0.25, -0.2) is 0 Å². The number of aromatic nitrogens is 2. The van der Waals surface area contributed by atoms with Gasteiger partial charge in [0.2, 0.25) is 5.82 Å². The van der Waals surface area contributed by atoms with Crippen LogP contribution in [0.2, 0.25) is 0 Å². The molecule has 2 aromatic heterocycles. The number of aliphatic hydroxyl groups is 1. The highest BCUT2D eigenvalue weighted by atomic mass is 16.5. The second-order valence-electron chi connectivity index (χ2n) is 2.69. The molecule has 0 saturated heterocycles. The van der Waals surface area contributed by atoms with E-state index in [2.05, 4.69) is 10.1 Å². The first-order valence-corrected chi connectivity index (χ1v) is 4.07. The lowest BCUT2D eigenvalue weighted by Gasteiger charge is -1.97. The number of furan rings is 1. The van der Waals surface area contributed by atoms with Crippen molar-refractivity contribution < 1.29 is 14.0 Å². The normalized spacial score (nSPS) is 13.0. The molecule has 0 saturated carbocycles. The van der Waals surface area contributed by atoms with Crippen molar-refractivity contribution in [2.24, 2.45) is 5.73 Å². The molecule has 0 radical (unpaired) electrons. The average Bonchev–Trinajstić information content (AvgIpc) is 2.86. The summed E-state index contributed by atoms with van der Waals surface area (Å²) in [6.45, 7) is 0.0415. The van der Waals surface area contributed by atoms with Crippen molar-refractivity contribution >= 4 is 0 Å². The van der Waals surface area contributed by atoms with Crippen LogP contribution in [0.3, 0.4) is 0 Å². The molecule has 0 amide bonds. The predicted molar refractivity (Wildman–Crippen MR) is 46.0 cm³/mol. The van der Waals surface area contributed by atoms with Crippen LogP contribution in [0.25, 0.3) is 11.6 Å². The lowest BCUT2D eigenvalue weighted by atomic mass is 10.3. The largest absolute Gasteiger partial charge is 0.461 e. The van der Waals surface area contributed by atoms with Crippen LogP contribution in [0.4, 0.5) is 0 Å². The molecule has 0 aliphatic carbocycles. The molecule has 3 N–H and O–H groups in total. The van der Waals surface area contributed by atoms with E-state index in [9.17, 15) is 5.11 Å². The van der Waals surface area contributed by atoms with Crippen LogP contribution < -0.4 is 5.73 Å². The van der Waals surface area contributed by atoms with Gasteiger partial charge in [0.1, 0.15) is 6.10 Å². The molecule has 2 rings (SSSR count). The van der Waals surface area contributed by atoms with Crippen LogP contribution in [0.15, 0.2) is 27.3 Å². The zero-order valence-corrected chi connectivity index (χ0v) is 7.25. The minimum atomic E-state index is -0.925. The number of aliphatic hydroxyl groups excluding tert-OH is 1. The zero-order chi connectivity index (χ0) is 9.97. The van der Waals surface area contributed by atoms with Crippen molar-refractivity contribution in [1.29, 1.82) is 0 Å². The van der Waals surface area contributed by atoms with E-state index < -0.39 is 6.10 Å². The molecule has 2 heterocycles. The molecule has 0 aliphatic heterocycles. The van der Waals surface area contributed by atoms with Gasteiger partial charge in [0.25, 0.3) is 5.89 Å². The van der Waals surface area contributed by atoms with Crippen molar-refractivity contribution in [2.45, 2.75) is 6.10 Å². The van der Waals surface area contributed by atoms with Gasteiger partial charge in [0.15, 0.2) is 5.76 Å². The van der Waals surface area contributed by atoms with Gasteiger partial charge in [-0.3, -0.25) is 0 Å². The lowest BCUT2D eigenvalue weighted by Crippen LogP contribution is -2.11. The Kier molecular flexibility index (Phi) is 2.30. The Hall–Kier alpha value is -1.66. The fourth-order valence-electron chi connectivity index (χ4n) is 0.977. The summed E-state index contributed by atoms with van der Waals surface area (Å²) < 4.78 is 9.84. The maximum atomic E-state index is 9.29. The van der Waals surface area contributed by atoms with Crippen molar-refractivity contribution in [3.05, 3.63) is 24.3 Å². The molecule has 6 heteroatoms. The number of hydrogen-bond donors (Lipinski definition) is 2. The van der Waals surface area contributed by atoms with E-state index in [-0.39, 0.29) is 12.4 Å². The van der Waals surface area contributed by atoms with E-state index in [1.165, 1.54) is 6.26 Å². The Morgan fingerprint density at radius 1 is 1.57 bits per heavy atom. The van der Waals surface area contributed by atoms with Crippen molar-refractivity contribution in [1.82, 2.24) is 10.1 Å². The molecular weight excluding hydrogens is 186 g/mol. The van der Waals surface area contributed by atoms with E-state index in [1.54, 1.807) is 12.1 Å². The van der Waals surface area contributed by atoms with Crippen molar-refractivity contribution in [3.8, 4) is 11.6 Å². The summed E-state index contributed by atoms with van der Waals surface area (Å²) in [5.74, 6) is 0.889. The maximum absolute atomic E-state index is 9.29. The molecule has 0 spiro atoms. The lowest BCUT2D eigenvalue weighted by molar-refractivity contribution is 0.141. The summed E-state index contributed by atoms with van der Waals surface area (Å²) in [6.07, 6.45) is 0.580. The van der Waals surface area contributed by atoms with Gasteiger partial charge in [-0.15, -0.1) is 0 Å². The Balaban J connectivity index is 2.26. The fourth-order valence-corrected chi connectivity index (χ4v) is 0.977. The molecule has 14 heavy (non-hydrogen) atoms. The van der Waals surface area contributed by atoms with Gasteiger partial charge in [0, 0.05) is 6.54 Å². The second kappa shape index (κ2) is 3.60. The molecule has 6 nitrogen and oxygen atoms in total. The molecule has 0 bridgehead atoms. The Bertz CT molecular complexity index is 396. The van der Waals surface area contributed by atoms with Crippen LogP contribution in [0.1, 0.15) is 12.0 Å². The topological polar surface area (TPSA) is 98.3 Å². The smallest absolute Gasteiger partial charge is 0.257 e. The summed E-state index contributed by atoms with van der Waals surface area (Å²) in [4.78, 5) is 3.92. The SMILES string of the molecule is NCC(O)c1nc(-c2ccco2)no1. The minimum Gasteiger partial charge on any atom is -0.461 e. The third-order valence-electron chi connectivity index (χ3n) is 1.69. The number of nitrogens with two attached hydrogens (primary N) is 1. The van der Waals surface area contributed by atoms with Crippen LogP contribution in [-0.4, -0.2) is 21.8 Å². The van der Waals surface area contributed by atoms with Crippen LogP contribution in [-0.2, 0) is 0 Å². The van der Waals surface area contributed by atoms with E-state index in [0.717, 1.165) is 0 Å². The molecule has 0 aromatic carbocycles. The zero-order valence-electron chi connectivity index (χ0n) is 7.25. The summed E-state index contributed by atoms with van der Waals surface area (Å²) in [5.41, 5.74) is 5.23. The molecule has 1 unspecified atom stereocenters. The van der Waals surface area contributed by atoms with Crippen molar-refractivity contribution in [2.75, 3.05) is 6.54 Å². The summed E-state index contributed by atoms with van der Waals surface area (Å²) >= 11 is 0. The monoisotopic (exact) mass is 195 g/mol. The molecule has 0 fully saturated rings. The fraction of sp³-hybridized carbons (Fsp3) is 0.250.